The number of nitrogens with one attached hydrogen (secondary N) is 1. The molecule has 1 atom stereocenters. The van der Waals surface area contributed by atoms with E-state index in [0.29, 0.717) is 19.7 Å². The van der Waals surface area contributed by atoms with Gasteiger partial charge in [0.25, 0.3) is 0 Å². The number of nitrogens with zero attached hydrogens (tertiary/aromatic N) is 1. The van der Waals surface area contributed by atoms with Crippen LogP contribution < -0.4 is 5.32 Å². The number of ether oxygens (including phenoxy) is 1. The van der Waals surface area contributed by atoms with Gasteiger partial charge in [0.2, 0.25) is 5.91 Å². The molecule has 0 aromatic heterocycles. The zero-order valence-electron chi connectivity index (χ0n) is 12.1. The molecule has 1 saturated carbocycles. The fourth-order valence-corrected chi connectivity index (χ4v) is 2.64. The second-order valence-corrected chi connectivity index (χ2v) is 6.21. The van der Waals surface area contributed by atoms with Crippen molar-refractivity contribution in [1.29, 1.82) is 0 Å². The molecule has 1 heterocycles. The van der Waals surface area contributed by atoms with Crippen LogP contribution in [0.1, 0.15) is 40.0 Å². The van der Waals surface area contributed by atoms with E-state index < -0.39 is 0 Å². The zero-order valence-corrected chi connectivity index (χ0v) is 12.1. The molecule has 5 heteroatoms. The van der Waals surface area contributed by atoms with Crippen LogP contribution >= 0.6 is 0 Å². The summed E-state index contributed by atoms with van der Waals surface area (Å²) in [6, 6.07) is 0.203. The van der Waals surface area contributed by atoms with Gasteiger partial charge in [-0.3, -0.25) is 4.79 Å². The molecule has 5 nitrogen and oxygen atoms in total. The molecule has 0 aromatic rings. The van der Waals surface area contributed by atoms with Crippen molar-refractivity contribution < 1.29 is 14.3 Å². The van der Waals surface area contributed by atoms with Crippen LogP contribution in [0.25, 0.3) is 0 Å². The maximum Gasteiger partial charge on any atom is 0.409 e. The minimum atomic E-state index is -0.240. The molecule has 2 rings (SSSR count). The molecule has 2 amide bonds. The molecule has 19 heavy (non-hydrogen) atoms. The van der Waals surface area contributed by atoms with Gasteiger partial charge >= 0.3 is 6.09 Å². The molecule has 1 N–H and O–H groups in total. The van der Waals surface area contributed by atoms with E-state index in [0.717, 1.165) is 19.3 Å². The lowest BCUT2D eigenvalue weighted by Crippen LogP contribution is -2.47. The standard InChI is InChI=1S/C14H24N2O3/c1-4-19-13(18)16-7-5-10(6-8-16)15-12(17)11-9-14(11,2)3/h10-11H,4-9H2,1-3H3,(H,15,17)/t11-/m0/s1. The Morgan fingerprint density at radius 3 is 2.37 bits per heavy atom. The van der Waals surface area contributed by atoms with E-state index in [-0.39, 0.29) is 29.4 Å². The monoisotopic (exact) mass is 268 g/mol. The molecule has 2 fully saturated rings. The molecule has 108 valence electrons. The predicted octanol–water partition coefficient (Wildman–Crippen LogP) is 1.77. The van der Waals surface area contributed by atoms with E-state index >= 15 is 0 Å². The third-order valence-electron chi connectivity index (χ3n) is 4.20. The van der Waals surface area contributed by atoms with E-state index in [9.17, 15) is 9.59 Å². The van der Waals surface area contributed by atoms with Crippen LogP contribution in [0.15, 0.2) is 0 Å². The lowest BCUT2D eigenvalue weighted by molar-refractivity contribution is -0.123. The zero-order chi connectivity index (χ0) is 14.0. The Bertz CT molecular complexity index is 360. The Morgan fingerprint density at radius 2 is 1.89 bits per heavy atom. The van der Waals surface area contributed by atoms with Crippen LogP contribution in [0.2, 0.25) is 0 Å². The number of rotatable bonds is 3. The van der Waals surface area contributed by atoms with Crippen LogP contribution in [-0.2, 0) is 9.53 Å². The van der Waals surface area contributed by atoms with Gasteiger partial charge in [0, 0.05) is 25.0 Å². The molecule has 1 aliphatic heterocycles. The van der Waals surface area contributed by atoms with Crippen LogP contribution in [0.5, 0.6) is 0 Å². The van der Waals surface area contributed by atoms with E-state index in [1.54, 1.807) is 4.90 Å². The summed E-state index contributed by atoms with van der Waals surface area (Å²) in [4.78, 5) is 25.3. The van der Waals surface area contributed by atoms with Gasteiger partial charge in [0.05, 0.1) is 6.61 Å². The quantitative estimate of drug-likeness (QED) is 0.848. The Morgan fingerprint density at radius 1 is 1.32 bits per heavy atom. The van der Waals surface area contributed by atoms with Gasteiger partial charge < -0.3 is 15.0 Å². The number of carbonyl (C=O) groups is 2. The Hall–Kier alpha value is -1.26. The summed E-state index contributed by atoms with van der Waals surface area (Å²) < 4.78 is 4.97. The normalized spacial score (nSPS) is 25.8. The largest absolute Gasteiger partial charge is 0.450 e. The SMILES string of the molecule is CCOC(=O)N1CCC(NC(=O)[C@@H]2CC2(C)C)CC1. The number of hydrogen-bond donors (Lipinski definition) is 1. The lowest BCUT2D eigenvalue weighted by atomic mass is 10.0. The number of hydrogen-bond acceptors (Lipinski definition) is 3. The van der Waals surface area contributed by atoms with E-state index in [2.05, 4.69) is 19.2 Å². The van der Waals surface area contributed by atoms with Crippen LogP contribution in [0, 0.1) is 11.3 Å². The van der Waals surface area contributed by atoms with Gasteiger partial charge in [-0.05, 0) is 31.6 Å². The van der Waals surface area contributed by atoms with Crippen molar-refractivity contribution in [2.45, 2.75) is 46.1 Å². The smallest absolute Gasteiger partial charge is 0.409 e. The van der Waals surface area contributed by atoms with Crippen molar-refractivity contribution in [1.82, 2.24) is 10.2 Å². The molecule has 1 aliphatic carbocycles. The number of carbonyl (C=O) groups excluding carboxylic acids is 2. The molecule has 0 bridgehead atoms. The van der Waals surface area contributed by atoms with Gasteiger partial charge in [0.1, 0.15) is 0 Å². The van der Waals surface area contributed by atoms with Crippen molar-refractivity contribution in [2.75, 3.05) is 19.7 Å². The third kappa shape index (κ3) is 3.39. The molecule has 2 aliphatic rings. The average molecular weight is 268 g/mol. The van der Waals surface area contributed by atoms with Gasteiger partial charge in [-0.15, -0.1) is 0 Å². The van der Waals surface area contributed by atoms with Crippen molar-refractivity contribution >= 4 is 12.0 Å². The van der Waals surface area contributed by atoms with Crippen molar-refractivity contribution in [2.24, 2.45) is 11.3 Å². The fraction of sp³-hybridized carbons (Fsp3) is 0.857. The maximum absolute atomic E-state index is 12.0. The van der Waals surface area contributed by atoms with Crippen molar-refractivity contribution in [3.05, 3.63) is 0 Å². The number of amides is 2. The molecule has 1 saturated heterocycles. The fourth-order valence-electron chi connectivity index (χ4n) is 2.64. The van der Waals surface area contributed by atoms with Crippen LogP contribution in [0.4, 0.5) is 4.79 Å². The molecule has 0 aromatic carbocycles. The van der Waals surface area contributed by atoms with Crippen molar-refractivity contribution in [3.8, 4) is 0 Å². The summed E-state index contributed by atoms with van der Waals surface area (Å²) in [7, 11) is 0. The highest BCUT2D eigenvalue weighted by molar-refractivity contribution is 5.82. The molecule has 0 radical (unpaired) electrons. The third-order valence-corrected chi connectivity index (χ3v) is 4.20. The minimum Gasteiger partial charge on any atom is -0.450 e. The highest BCUT2D eigenvalue weighted by Gasteiger charge is 2.50. The first-order valence-corrected chi connectivity index (χ1v) is 7.16. The number of piperidine rings is 1. The first-order chi connectivity index (χ1) is 8.94. The summed E-state index contributed by atoms with van der Waals surface area (Å²) in [6.07, 6.45) is 2.38. The van der Waals surface area contributed by atoms with Gasteiger partial charge in [-0.25, -0.2) is 4.79 Å². The van der Waals surface area contributed by atoms with Gasteiger partial charge in [-0.1, -0.05) is 13.8 Å². The topological polar surface area (TPSA) is 58.6 Å². The van der Waals surface area contributed by atoms with Gasteiger partial charge in [-0.2, -0.15) is 0 Å². The van der Waals surface area contributed by atoms with Crippen molar-refractivity contribution in [3.63, 3.8) is 0 Å². The Balaban J connectivity index is 1.72. The lowest BCUT2D eigenvalue weighted by Gasteiger charge is -2.31. The highest BCUT2D eigenvalue weighted by atomic mass is 16.6. The van der Waals surface area contributed by atoms with E-state index in [1.165, 1.54) is 0 Å². The summed E-state index contributed by atoms with van der Waals surface area (Å²) in [5.74, 6) is 0.357. The number of likely N-dealkylation sites (tertiary alicyclic amines) is 1. The van der Waals surface area contributed by atoms with Crippen LogP contribution in [-0.4, -0.2) is 42.6 Å². The second kappa shape index (κ2) is 5.39. The highest BCUT2D eigenvalue weighted by Crippen LogP contribution is 2.51. The van der Waals surface area contributed by atoms with E-state index in [1.807, 2.05) is 6.92 Å². The first-order valence-electron chi connectivity index (χ1n) is 7.16. The molecular formula is C14H24N2O3. The second-order valence-electron chi connectivity index (χ2n) is 6.21. The molecule has 0 unspecified atom stereocenters. The molecule has 0 spiro atoms. The van der Waals surface area contributed by atoms with E-state index in [4.69, 9.17) is 4.74 Å². The Kier molecular flexibility index (Phi) is 4.02. The Labute approximate surface area is 114 Å². The van der Waals surface area contributed by atoms with Crippen LogP contribution in [0.3, 0.4) is 0 Å². The summed E-state index contributed by atoms with van der Waals surface area (Å²) in [5.41, 5.74) is 0.176. The molecular weight excluding hydrogens is 244 g/mol. The first kappa shape index (κ1) is 14.2. The van der Waals surface area contributed by atoms with Gasteiger partial charge in [0.15, 0.2) is 0 Å². The summed E-state index contributed by atoms with van der Waals surface area (Å²) >= 11 is 0. The predicted molar refractivity (Wildman–Crippen MR) is 71.6 cm³/mol. The minimum absolute atomic E-state index is 0.176. The summed E-state index contributed by atoms with van der Waals surface area (Å²) in [6.45, 7) is 7.80. The maximum atomic E-state index is 12.0. The summed E-state index contributed by atoms with van der Waals surface area (Å²) in [5, 5.41) is 3.11. The average Bonchev–Trinajstić information content (AvgIpc) is 3.00.